The standard InChI is InChI=1S/C9H15NO3/c11-7-1-3-9(4-2-7)5-10(6-9)8(12)13/h7,11H,1-6H2,(H,12,13). The minimum absolute atomic E-state index is 0.149. The molecule has 2 aliphatic rings. The maximum atomic E-state index is 10.5. The second-order valence-electron chi connectivity index (χ2n) is 4.37. The van der Waals surface area contributed by atoms with Gasteiger partial charge in [-0.05, 0) is 25.7 Å². The highest BCUT2D eigenvalue weighted by Crippen LogP contribution is 2.43. The first-order valence-electron chi connectivity index (χ1n) is 4.77. The van der Waals surface area contributed by atoms with Crippen molar-refractivity contribution in [2.45, 2.75) is 31.8 Å². The predicted octanol–water partition coefficient (Wildman–Crippen LogP) is 0.901. The molecule has 0 radical (unpaired) electrons. The fraction of sp³-hybridized carbons (Fsp3) is 0.889. The van der Waals surface area contributed by atoms with Gasteiger partial charge in [0.1, 0.15) is 0 Å². The molecule has 1 aliphatic carbocycles. The van der Waals surface area contributed by atoms with Crippen molar-refractivity contribution in [1.82, 2.24) is 4.90 Å². The number of aliphatic hydroxyl groups excluding tert-OH is 1. The SMILES string of the molecule is O=C(O)N1CC2(CCC(O)CC2)C1. The van der Waals surface area contributed by atoms with Crippen LogP contribution in [0.15, 0.2) is 0 Å². The summed E-state index contributed by atoms with van der Waals surface area (Å²) >= 11 is 0. The second-order valence-corrected chi connectivity index (χ2v) is 4.37. The van der Waals surface area contributed by atoms with Crippen molar-refractivity contribution in [1.29, 1.82) is 0 Å². The zero-order chi connectivity index (χ0) is 9.47. The van der Waals surface area contributed by atoms with E-state index in [4.69, 9.17) is 5.11 Å². The van der Waals surface area contributed by atoms with Gasteiger partial charge in [-0.1, -0.05) is 0 Å². The van der Waals surface area contributed by atoms with Gasteiger partial charge in [-0.15, -0.1) is 0 Å². The van der Waals surface area contributed by atoms with E-state index in [1.807, 2.05) is 0 Å². The van der Waals surface area contributed by atoms with Crippen molar-refractivity contribution >= 4 is 6.09 Å². The van der Waals surface area contributed by atoms with Gasteiger partial charge in [-0.2, -0.15) is 0 Å². The van der Waals surface area contributed by atoms with Crippen LogP contribution in [-0.4, -0.2) is 40.4 Å². The van der Waals surface area contributed by atoms with E-state index >= 15 is 0 Å². The Hall–Kier alpha value is -0.770. The molecule has 1 saturated carbocycles. The number of hydrogen-bond acceptors (Lipinski definition) is 2. The van der Waals surface area contributed by atoms with E-state index < -0.39 is 6.09 Å². The molecule has 4 heteroatoms. The first-order chi connectivity index (χ1) is 6.11. The van der Waals surface area contributed by atoms with Crippen LogP contribution in [0.4, 0.5) is 4.79 Å². The molecule has 1 spiro atoms. The van der Waals surface area contributed by atoms with Crippen LogP contribution < -0.4 is 0 Å². The Balaban J connectivity index is 1.86. The topological polar surface area (TPSA) is 60.8 Å². The average molecular weight is 185 g/mol. The summed E-state index contributed by atoms with van der Waals surface area (Å²) in [7, 11) is 0. The molecule has 0 unspecified atom stereocenters. The van der Waals surface area contributed by atoms with E-state index in [0.717, 1.165) is 25.7 Å². The van der Waals surface area contributed by atoms with Crippen molar-refractivity contribution < 1.29 is 15.0 Å². The molecule has 0 aromatic heterocycles. The normalized spacial score (nSPS) is 27.3. The van der Waals surface area contributed by atoms with Crippen molar-refractivity contribution in [2.24, 2.45) is 5.41 Å². The Morgan fingerprint density at radius 3 is 2.31 bits per heavy atom. The summed E-state index contributed by atoms with van der Waals surface area (Å²) in [6.07, 6.45) is 2.69. The number of likely N-dealkylation sites (tertiary alicyclic amines) is 1. The number of rotatable bonds is 0. The first kappa shape index (κ1) is 8.81. The maximum absolute atomic E-state index is 10.5. The first-order valence-corrected chi connectivity index (χ1v) is 4.77. The van der Waals surface area contributed by atoms with Crippen molar-refractivity contribution in [3.63, 3.8) is 0 Å². The number of amides is 1. The minimum atomic E-state index is -0.809. The summed E-state index contributed by atoms with van der Waals surface area (Å²) in [5.41, 5.74) is 0.220. The molecule has 1 aliphatic heterocycles. The highest BCUT2D eigenvalue weighted by Gasteiger charge is 2.46. The molecule has 2 fully saturated rings. The lowest BCUT2D eigenvalue weighted by atomic mass is 9.68. The van der Waals surface area contributed by atoms with Crippen LogP contribution in [0.3, 0.4) is 0 Å². The molecule has 74 valence electrons. The Morgan fingerprint density at radius 2 is 1.85 bits per heavy atom. The summed E-state index contributed by atoms with van der Waals surface area (Å²) in [5, 5.41) is 18.0. The number of nitrogens with zero attached hydrogens (tertiary/aromatic N) is 1. The van der Waals surface area contributed by atoms with Crippen LogP contribution >= 0.6 is 0 Å². The van der Waals surface area contributed by atoms with Gasteiger partial charge in [0.15, 0.2) is 0 Å². The van der Waals surface area contributed by atoms with Gasteiger partial charge >= 0.3 is 6.09 Å². The number of aliphatic hydroxyl groups is 1. The fourth-order valence-electron chi connectivity index (χ4n) is 2.43. The number of carboxylic acid groups (broad SMARTS) is 1. The van der Waals surface area contributed by atoms with Gasteiger partial charge in [0.2, 0.25) is 0 Å². The second kappa shape index (κ2) is 2.87. The molecule has 0 bridgehead atoms. The molecule has 2 rings (SSSR count). The fourth-order valence-corrected chi connectivity index (χ4v) is 2.43. The number of carbonyl (C=O) groups is 1. The van der Waals surface area contributed by atoms with Gasteiger partial charge in [0.05, 0.1) is 6.10 Å². The van der Waals surface area contributed by atoms with Crippen LogP contribution in [0.25, 0.3) is 0 Å². The summed E-state index contributed by atoms with van der Waals surface area (Å²) in [4.78, 5) is 12.0. The van der Waals surface area contributed by atoms with Crippen molar-refractivity contribution in [3.05, 3.63) is 0 Å². The molecule has 0 atom stereocenters. The van der Waals surface area contributed by atoms with Crippen molar-refractivity contribution in [2.75, 3.05) is 13.1 Å². The van der Waals surface area contributed by atoms with Crippen LogP contribution in [0.2, 0.25) is 0 Å². The van der Waals surface area contributed by atoms with Crippen LogP contribution in [0, 0.1) is 5.41 Å². The third-order valence-corrected chi connectivity index (χ3v) is 3.34. The summed E-state index contributed by atoms with van der Waals surface area (Å²) in [6, 6.07) is 0. The highest BCUT2D eigenvalue weighted by atomic mass is 16.4. The Kier molecular flexibility index (Phi) is 1.95. The largest absolute Gasteiger partial charge is 0.465 e. The zero-order valence-electron chi connectivity index (χ0n) is 7.57. The third-order valence-electron chi connectivity index (χ3n) is 3.34. The third kappa shape index (κ3) is 1.50. The molecule has 1 amide bonds. The van der Waals surface area contributed by atoms with Crippen LogP contribution in [0.1, 0.15) is 25.7 Å². The average Bonchev–Trinajstić information content (AvgIpc) is 2.02. The van der Waals surface area contributed by atoms with E-state index in [9.17, 15) is 9.90 Å². The molecular weight excluding hydrogens is 170 g/mol. The summed E-state index contributed by atoms with van der Waals surface area (Å²) in [6.45, 7) is 1.35. The van der Waals surface area contributed by atoms with Crippen molar-refractivity contribution in [3.8, 4) is 0 Å². The lowest BCUT2D eigenvalue weighted by molar-refractivity contribution is -0.0413. The predicted molar refractivity (Wildman–Crippen MR) is 46.5 cm³/mol. The van der Waals surface area contributed by atoms with Gasteiger partial charge in [-0.3, -0.25) is 0 Å². The quantitative estimate of drug-likeness (QED) is 0.589. The Morgan fingerprint density at radius 1 is 1.31 bits per heavy atom. The smallest absolute Gasteiger partial charge is 0.407 e. The maximum Gasteiger partial charge on any atom is 0.407 e. The van der Waals surface area contributed by atoms with Gasteiger partial charge < -0.3 is 15.1 Å². The van der Waals surface area contributed by atoms with E-state index in [1.165, 1.54) is 4.90 Å². The van der Waals surface area contributed by atoms with E-state index in [0.29, 0.717) is 13.1 Å². The Labute approximate surface area is 77.2 Å². The van der Waals surface area contributed by atoms with E-state index in [1.54, 1.807) is 0 Å². The minimum Gasteiger partial charge on any atom is -0.465 e. The molecule has 13 heavy (non-hydrogen) atoms. The van der Waals surface area contributed by atoms with E-state index in [-0.39, 0.29) is 11.5 Å². The highest BCUT2D eigenvalue weighted by molar-refractivity contribution is 5.66. The molecular formula is C9H15NO3. The lowest BCUT2D eigenvalue weighted by Crippen LogP contribution is -2.59. The molecule has 0 aromatic rings. The number of hydrogen-bond donors (Lipinski definition) is 2. The van der Waals surface area contributed by atoms with Gasteiger partial charge in [0.25, 0.3) is 0 Å². The lowest BCUT2D eigenvalue weighted by Gasteiger charge is -2.51. The van der Waals surface area contributed by atoms with Crippen LogP contribution in [-0.2, 0) is 0 Å². The van der Waals surface area contributed by atoms with Gasteiger partial charge in [0, 0.05) is 18.5 Å². The van der Waals surface area contributed by atoms with E-state index in [2.05, 4.69) is 0 Å². The zero-order valence-corrected chi connectivity index (χ0v) is 7.57. The molecule has 2 N–H and O–H groups in total. The van der Waals surface area contributed by atoms with Gasteiger partial charge in [-0.25, -0.2) is 4.79 Å². The van der Waals surface area contributed by atoms with Crippen LogP contribution in [0.5, 0.6) is 0 Å². The summed E-state index contributed by atoms with van der Waals surface area (Å²) < 4.78 is 0. The summed E-state index contributed by atoms with van der Waals surface area (Å²) in [5.74, 6) is 0. The molecule has 1 heterocycles. The molecule has 1 saturated heterocycles. The molecule has 0 aromatic carbocycles. The molecule has 4 nitrogen and oxygen atoms in total. The Bertz CT molecular complexity index is 213. The monoisotopic (exact) mass is 185 g/mol.